The second kappa shape index (κ2) is 6.86. The number of hydrogen-bond acceptors (Lipinski definition) is 2. The van der Waals surface area contributed by atoms with Crippen LogP contribution in [0.5, 0.6) is 0 Å². The minimum Gasteiger partial charge on any atom is -0.380 e. The van der Waals surface area contributed by atoms with Crippen LogP contribution in [0.1, 0.15) is 36.5 Å². The molecule has 0 bridgehead atoms. The first-order valence-corrected chi connectivity index (χ1v) is 8.68. The van der Waals surface area contributed by atoms with Gasteiger partial charge >= 0.3 is 0 Å². The Balaban J connectivity index is 2.01. The van der Waals surface area contributed by atoms with E-state index < -0.39 is 5.60 Å². The molecule has 2 nitrogen and oxygen atoms in total. The summed E-state index contributed by atoms with van der Waals surface area (Å²) in [6.45, 7) is 7.51. The van der Waals surface area contributed by atoms with Gasteiger partial charge in [-0.15, -0.1) is 0 Å². The predicted octanol–water partition coefficient (Wildman–Crippen LogP) is 3.96. The Morgan fingerprint density at radius 3 is 2.26 bits per heavy atom. The number of nitrogens with zero attached hydrogens (tertiary/aromatic N) is 1. The van der Waals surface area contributed by atoms with E-state index in [1.54, 1.807) is 0 Å². The SMILES string of the molecule is Cc1ccccc1C(O)(c1ccccc1)C(C)CN1CCCC1. The van der Waals surface area contributed by atoms with E-state index in [9.17, 15) is 5.11 Å². The largest absolute Gasteiger partial charge is 0.380 e. The molecule has 1 fully saturated rings. The second-order valence-electron chi connectivity index (χ2n) is 6.86. The summed E-state index contributed by atoms with van der Waals surface area (Å²) in [6.07, 6.45) is 2.56. The van der Waals surface area contributed by atoms with Crippen LogP contribution in [0, 0.1) is 12.8 Å². The van der Waals surface area contributed by atoms with Gasteiger partial charge in [-0.25, -0.2) is 0 Å². The Labute approximate surface area is 139 Å². The molecular weight excluding hydrogens is 282 g/mol. The molecular formula is C21H27NO. The lowest BCUT2D eigenvalue weighted by Crippen LogP contribution is -2.41. The van der Waals surface area contributed by atoms with Gasteiger partial charge in [-0.1, -0.05) is 61.5 Å². The molecule has 1 saturated heterocycles. The van der Waals surface area contributed by atoms with Crippen molar-refractivity contribution in [2.24, 2.45) is 5.92 Å². The molecule has 2 heteroatoms. The summed E-state index contributed by atoms with van der Waals surface area (Å²) in [5, 5.41) is 11.8. The van der Waals surface area contributed by atoms with Gasteiger partial charge in [0.1, 0.15) is 5.60 Å². The Morgan fingerprint density at radius 2 is 1.61 bits per heavy atom. The molecule has 23 heavy (non-hydrogen) atoms. The lowest BCUT2D eigenvalue weighted by molar-refractivity contribution is 0.00987. The van der Waals surface area contributed by atoms with Crippen molar-refractivity contribution in [3.05, 3.63) is 71.3 Å². The lowest BCUT2D eigenvalue weighted by atomic mass is 9.75. The van der Waals surface area contributed by atoms with Crippen LogP contribution in [0.25, 0.3) is 0 Å². The van der Waals surface area contributed by atoms with Crippen LogP contribution in [0.2, 0.25) is 0 Å². The summed E-state index contributed by atoms with van der Waals surface area (Å²) in [4.78, 5) is 2.48. The van der Waals surface area contributed by atoms with E-state index >= 15 is 0 Å². The van der Waals surface area contributed by atoms with E-state index in [2.05, 4.69) is 30.9 Å². The highest BCUT2D eigenvalue weighted by Crippen LogP contribution is 2.39. The average molecular weight is 309 g/mol. The third-order valence-corrected chi connectivity index (χ3v) is 5.21. The van der Waals surface area contributed by atoms with Crippen molar-refractivity contribution < 1.29 is 5.11 Å². The normalized spacial score (nSPS) is 19.4. The molecule has 0 aromatic heterocycles. The fourth-order valence-corrected chi connectivity index (χ4v) is 3.88. The molecule has 2 aromatic carbocycles. The Hall–Kier alpha value is -1.64. The van der Waals surface area contributed by atoms with Gasteiger partial charge in [-0.05, 0) is 49.5 Å². The van der Waals surface area contributed by atoms with Gasteiger partial charge < -0.3 is 10.0 Å². The molecule has 0 amide bonds. The number of hydrogen-bond donors (Lipinski definition) is 1. The van der Waals surface area contributed by atoms with Gasteiger partial charge in [0.05, 0.1) is 0 Å². The number of aliphatic hydroxyl groups is 1. The van der Waals surface area contributed by atoms with Crippen molar-refractivity contribution in [1.82, 2.24) is 4.90 Å². The summed E-state index contributed by atoms with van der Waals surface area (Å²) in [5.41, 5.74) is 2.21. The molecule has 0 saturated carbocycles. The fraction of sp³-hybridized carbons (Fsp3) is 0.429. The van der Waals surface area contributed by atoms with E-state index in [0.29, 0.717) is 0 Å². The van der Waals surface area contributed by atoms with Crippen LogP contribution in [0.15, 0.2) is 54.6 Å². The van der Waals surface area contributed by atoms with Crippen molar-refractivity contribution in [2.45, 2.75) is 32.3 Å². The maximum absolute atomic E-state index is 11.8. The van der Waals surface area contributed by atoms with E-state index in [1.807, 2.05) is 42.5 Å². The maximum atomic E-state index is 11.8. The summed E-state index contributed by atoms with van der Waals surface area (Å²) in [5.74, 6) is 0.129. The van der Waals surface area contributed by atoms with Gasteiger partial charge in [0.15, 0.2) is 0 Å². The van der Waals surface area contributed by atoms with Gasteiger partial charge in [-0.2, -0.15) is 0 Å². The van der Waals surface area contributed by atoms with Crippen molar-refractivity contribution >= 4 is 0 Å². The molecule has 0 radical (unpaired) electrons. The van der Waals surface area contributed by atoms with Crippen molar-refractivity contribution in [3.8, 4) is 0 Å². The van der Waals surface area contributed by atoms with Crippen LogP contribution >= 0.6 is 0 Å². The molecule has 2 unspecified atom stereocenters. The standard InChI is InChI=1S/C21H27NO/c1-17-10-6-7-13-20(17)21(23,19-11-4-3-5-12-19)18(2)16-22-14-8-9-15-22/h3-7,10-13,18,23H,8-9,14-16H2,1-2H3. The first-order valence-electron chi connectivity index (χ1n) is 8.68. The van der Waals surface area contributed by atoms with Gasteiger partial charge in [0.2, 0.25) is 0 Å². The van der Waals surface area contributed by atoms with E-state index in [4.69, 9.17) is 0 Å². The summed E-state index contributed by atoms with van der Waals surface area (Å²) < 4.78 is 0. The molecule has 1 heterocycles. The molecule has 2 aromatic rings. The highest BCUT2D eigenvalue weighted by Gasteiger charge is 2.39. The molecule has 1 aliphatic heterocycles. The first-order chi connectivity index (χ1) is 11.1. The van der Waals surface area contributed by atoms with Crippen LogP contribution in [0.3, 0.4) is 0 Å². The summed E-state index contributed by atoms with van der Waals surface area (Å²) >= 11 is 0. The molecule has 0 spiro atoms. The van der Waals surface area contributed by atoms with E-state index in [0.717, 1.165) is 36.3 Å². The minimum atomic E-state index is -0.949. The molecule has 1 N–H and O–H groups in total. The third kappa shape index (κ3) is 3.19. The number of benzene rings is 2. The zero-order valence-corrected chi connectivity index (χ0v) is 14.2. The maximum Gasteiger partial charge on any atom is 0.119 e. The van der Waals surface area contributed by atoms with E-state index in [1.165, 1.54) is 12.8 Å². The molecule has 2 atom stereocenters. The number of likely N-dealkylation sites (tertiary alicyclic amines) is 1. The Morgan fingerprint density at radius 1 is 1.00 bits per heavy atom. The highest BCUT2D eigenvalue weighted by atomic mass is 16.3. The second-order valence-corrected chi connectivity index (χ2v) is 6.86. The van der Waals surface area contributed by atoms with E-state index in [-0.39, 0.29) is 5.92 Å². The van der Waals surface area contributed by atoms with Crippen LogP contribution in [-0.2, 0) is 5.60 Å². The fourth-order valence-electron chi connectivity index (χ4n) is 3.88. The summed E-state index contributed by atoms with van der Waals surface area (Å²) in [6, 6.07) is 18.4. The Kier molecular flexibility index (Phi) is 4.84. The van der Waals surface area contributed by atoms with Crippen molar-refractivity contribution in [1.29, 1.82) is 0 Å². The first kappa shape index (κ1) is 16.2. The molecule has 0 aliphatic carbocycles. The molecule has 1 aliphatic rings. The predicted molar refractivity (Wildman–Crippen MR) is 95.5 cm³/mol. The third-order valence-electron chi connectivity index (χ3n) is 5.21. The smallest absolute Gasteiger partial charge is 0.119 e. The van der Waals surface area contributed by atoms with Crippen LogP contribution in [-0.4, -0.2) is 29.6 Å². The number of rotatable bonds is 5. The topological polar surface area (TPSA) is 23.5 Å². The zero-order chi connectivity index (χ0) is 16.3. The molecule has 3 rings (SSSR count). The Bertz CT molecular complexity index is 633. The number of aryl methyl sites for hydroxylation is 1. The van der Waals surface area contributed by atoms with Gasteiger partial charge in [0.25, 0.3) is 0 Å². The van der Waals surface area contributed by atoms with Crippen molar-refractivity contribution in [3.63, 3.8) is 0 Å². The lowest BCUT2D eigenvalue weighted by Gasteiger charge is -2.38. The molecule has 122 valence electrons. The van der Waals surface area contributed by atoms with Gasteiger partial charge in [0, 0.05) is 12.5 Å². The highest BCUT2D eigenvalue weighted by molar-refractivity contribution is 5.41. The quantitative estimate of drug-likeness (QED) is 0.903. The van der Waals surface area contributed by atoms with Crippen LogP contribution < -0.4 is 0 Å². The minimum absolute atomic E-state index is 0.129. The van der Waals surface area contributed by atoms with Gasteiger partial charge in [-0.3, -0.25) is 0 Å². The zero-order valence-electron chi connectivity index (χ0n) is 14.2. The van der Waals surface area contributed by atoms with Crippen molar-refractivity contribution in [2.75, 3.05) is 19.6 Å². The summed E-state index contributed by atoms with van der Waals surface area (Å²) in [7, 11) is 0. The average Bonchev–Trinajstić information content (AvgIpc) is 3.08. The monoisotopic (exact) mass is 309 g/mol. The van der Waals surface area contributed by atoms with Crippen LogP contribution in [0.4, 0.5) is 0 Å².